The molecule has 0 aliphatic rings. The monoisotopic (exact) mass is 841 g/mol. The Labute approximate surface area is 358 Å². The maximum Gasteiger partial charge on any atom is 0.472 e. The van der Waals surface area contributed by atoms with Gasteiger partial charge in [-0.3, -0.25) is 18.6 Å². The van der Waals surface area contributed by atoms with Gasteiger partial charge in [-0.1, -0.05) is 212 Å². The van der Waals surface area contributed by atoms with Crippen molar-refractivity contribution < 1.29 is 37.6 Å². The van der Waals surface area contributed by atoms with Crippen LogP contribution in [0, 0.1) is 0 Å². The van der Waals surface area contributed by atoms with E-state index >= 15 is 0 Å². The highest BCUT2D eigenvalue weighted by molar-refractivity contribution is 7.47. The first-order valence-corrected chi connectivity index (χ1v) is 26.1. The number of esters is 2. The summed E-state index contributed by atoms with van der Waals surface area (Å²) in [6.07, 6.45) is 50.9. The molecule has 8 nitrogen and oxygen atoms in total. The van der Waals surface area contributed by atoms with Gasteiger partial charge in [0.05, 0.1) is 13.2 Å². The second-order valence-corrected chi connectivity index (χ2v) is 17.9. The van der Waals surface area contributed by atoms with Crippen molar-refractivity contribution >= 4 is 19.8 Å². The highest BCUT2D eigenvalue weighted by Gasteiger charge is 2.25. The third kappa shape index (κ3) is 44.1. The quantitative estimate of drug-likeness (QED) is 0.0279. The SMILES string of the molecule is CCCCCC/C=C\C/C=C\CCCCCCCCCC(=O)OC(COC(=O)CCCCCCCCCCCCCCCCCCCCCC)COP(=O)(O)OCC. The maximum atomic E-state index is 12.6. The van der Waals surface area contributed by atoms with Gasteiger partial charge in [-0.05, 0) is 51.9 Å². The number of hydrogen-bond donors (Lipinski definition) is 1. The van der Waals surface area contributed by atoms with Gasteiger partial charge >= 0.3 is 19.8 Å². The molecule has 0 aromatic carbocycles. The van der Waals surface area contributed by atoms with Gasteiger partial charge in [-0.15, -0.1) is 0 Å². The van der Waals surface area contributed by atoms with Crippen LogP contribution in [0.2, 0.25) is 0 Å². The molecule has 0 aromatic heterocycles. The number of hydrogen-bond acceptors (Lipinski definition) is 7. The lowest BCUT2D eigenvalue weighted by molar-refractivity contribution is -0.161. The van der Waals surface area contributed by atoms with Crippen molar-refractivity contribution in [3.8, 4) is 0 Å². The van der Waals surface area contributed by atoms with Crippen LogP contribution in [0.25, 0.3) is 0 Å². The van der Waals surface area contributed by atoms with Crippen LogP contribution in [0.4, 0.5) is 0 Å². The Morgan fingerprint density at radius 1 is 0.466 bits per heavy atom. The van der Waals surface area contributed by atoms with Gasteiger partial charge < -0.3 is 14.4 Å². The summed E-state index contributed by atoms with van der Waals surface area (Å²) in [7, 11) is -4.28. The number of unbranched alkanes of at least 4 members (excludes halogenated alkanes) is 30. The van der Waals surface area contributed by atoms with Crippen LogP contribution in [0.15, 0.2) is 24.3 Å². The summed E-state index contributed by atoms with van der Waals surface area (Å²) >= 11 is 0. The van der Waals surface area contributed by atoms with Gasteiger partial charge in [-0.2, -0.15) is 0 Å². The van der Waals surface area contributed by atoms with E-state index in [2.05, 4.69) is 38.2 Å². The molecule has 0 aliphatic carbocycles. The van der Waals surface area contributed by atoms with Gasteiger partial charge in [0.1, 0.15) is 6.61 Å². The van der Waals surface area contributed by atoms with E-state index in [9.17, 15) is 19.0 Å². The third-order valence-corrected chi connectivity index (χ3v) is 11.8. The molecule has 0 heterocycles. The molecular weight excluding hydrogens is 748 g/mol. The van der Waals surface area contributed by atoms with Crippen molar-refractivity contribution in [1.29, 1.82) is 0 Å². The van der Waals surface area contributed by atoms with E-state index in [1.165, 1.54) is 161 Å². The lowest BCUT2D eigenvalue weighted by Gasteiger charge is -2.19. The predicted molar refractivity (Wildman–Crippen MR) is 244 cm³/mol. The highest BCUT2D eigenvalue weighted by Crippen LogP contribution is 2.43. The topological polar surface area (TPSA) is 108 Å². The number of phosphoric acid groups is 1. The summed E-state index contributed by atoms with van der Waals surface area (Å²) in [5.74, 6) is -0.793. The molecule has 0 radical (unpaired) electrons. The molecule has 0 saturated carbocycles. The van der Waals surface area contributed by atoms with Crippen LogP contribution < -0.4 is 0 Å². The predicted octanol–water partition coefficient (Wildman–Crippen LogP) is 15.8. The van der Waals surface area contributed by atoms with E-state index in [1.54, 1.807) is 6.92 Å². The molecule has 0 aliphatic heterocycles. The average molecular weight is 841 g/mol. The molecule has 2 atom stereocenters. The first kappa shape index (κ1) is 56.5. The number of phosphoric ester groups is 1. The summed E-state index contributed by atoms with van der Waals surface area (Å²) in [5.41, 5.74) is 0. The van der Waals surface area contributed by atoms with E-state index in [1.807, 2.05) is 0 Å². The van der Waals surface area contributed by atoms with Crippen molar-refractivity contribution in [2.75, 3.05) is 19.8 Å². The fraction of sp³-hybridized carbons (Fsp3) is 0.878. The lowest BCUT2D eigenvalue weighted by atomic mass is 10.0. The summed E-state index contributed by atoms with van der Waals surface area (Å²) in [6, 6.07) is 0. The van der Waals surface area contributed by atoms with Gasteiger partial charge in [-0.25, -0.2) is 4.57 Å². The minimum absolute atomic E-state index is 0.000908. The van der Waals surface area contributed by atoms with Crippen LogP contribution in [0.3, 0.4) is 0 Å². The lowest BCUT2D eigenvalue weighted by Crippen LogP contribution is -2.29. The summed E-state index contributed by atoms with van der Waals surface area (Å²) in [5, 5.41) is 0. The van der Waals surface area contributed by atoms with E-state index in [-0.39, 0.29) is 25.6 Å². The smallest absolute Gasteiger partial charge is 0.462 e. The highest BCUT2D eigenvalue weighted by atomic mass is 31.2. The largest absolute Gasteiger partial charge is 0.472 e. The Balaban J connectivity index is 3.98. The van der Waals surface area contributed by atoms with Crippen LogP contribution in [-0.2, 0) is 32.7 Å². The minimum Gasteiger partial charge on any atom is -0.462 e. The third-order valence-electron chi connectivity index (χ3n) is 10.8. The van der Waals surface area contributed by atoms with E-state index in [0.717, 1.165) is 51.4 Å². The number of ether oxygens (including phenoxy) is 2. The van der Waals surface area contributed by atoms with E-state index in [0.29, 0.717) is 12.8 Å². The number of carbonyl (C=O) groups excluding carboxylic acids is 2. The number of rotatable bonds is 46. The maximum absolute atomic E-state index is 12.6. The second-order valence-electron chi connectivity index (χ2n) is 16.5. The summed E-state index contributed by atoms with van der Waals surface area (Å²) in [6.45, 7) is 5.50. The standard InChI is InChI=1S/C49H93O8P/c1-4-7-9-11-13-15-17-19-21-23-25-26-28-29-31-33-35-37-39-41-43-48(50)54-45-47(46-56-58(52,53)55-6-3)57-49(51)44-42-40-38-36-34-32-30-27-24-22-20-18-16-14-12-10-8-5-2/h16,18,22,24,47H,4-15,17,19-21,23,25-46H2,1-3H3,(H,52,53)/b18-16-,24-22-. The molecular formula is C49H93O8P. The number of carbonyl (C=O) groups is 2. The zero-order valence-electron chi connectivity index (χ0n) is 38.2. The van der Waals surface area contributed by atoms with Crippen LogP contribution in [0.1, 0.15) is 252 Å². The molecule has 342 valence electrons. The van der Waals surface area contributed by atoms with Crippen LogP contribution in [0.5, 0.6) is 0 Å². The Hall–Kier alpha value is -1.47. The molecule has 0 amide bonds. The summed E-state index contributed by atoms with van der Waals surface area (Å²) < 4.78 is 32.8. The molecule has 2 unspecified atom stereocenters. The van der Waals surface area contributed by atoms with Gasteiger partial charge in [0.25, 0.3) is 0 Å². The molecule has 0 fully saturated rings. The summed E-state index contributed by atoms with van der Waals surface area (Å²) in [4.78, 5) is 34.9. The molecule has 1 N–H and O–H groups in total. The molecule has 9 heteroatoms. The molecule has 0 spiro atoms. The van der Waals surface area contributed by atoms with E-state index < -0.39 is 26.5 Å². The zero-order valence-corrected chi connectivity index (χ0v) is 39.1. The van der Waals surface area contributed by atoms with Crippen molar-refractivity contribution in [3.63, 3.8) is 0 Å². The zero-order chi connectivity index (χ0) is 42.5. The van der Waals surface area contributed by atoms with Crippen molar-refractivity contribution in [1.82, 2.24) is 0 Å². The van der Waals surface area contributed by atoms with Crippen LogP contribution >= 0.6 is 7.82 Å². The van der Waals surface area contributed by atoms with Crippen molar-refractivity contribution in [2.24, 2.45) is 0 Å². The Bertz CT molecular complexity index is 999. The average Bonchev–Trinajstić information content (AvgIpc) is 3.20. The molecule has 0 saturated heterocycles. The van der Waals surface area contributed by atoms with Crippen LogP contribution in [-0.4, -0.2) is 42.8 Å². The molecule has 0 bridgehead atoms. The Kier molecular flexibility index (Phi) is 43.9. The van der Waals surface area contributed by atoms with Gasteiger partial charge in [0.15, 0.2) is 6.10 Å². The Morgan fingerprint density at radius 2 is 0.828 bits per heavy atom. The Morgan fingerprint density at radius 3 is 1.24 bits per heavy atom. The van der Waals surface area contributed by atoms with Crippen molar-refractivity contribution in [3.05, 3.63) is 24.3 Å². The van der Waals surface area contributed by atoms with Gasteiger partial charge in [0.2, 0.25) is 0 Å². The fourth-order valence-corrected chi connectivity index (χ4v) is 7.89. The first-order valence-electron chi connectivity index (χ1n) is 24.6. The molecule has 0 rings (SSSR count). The second kappa shape index (κ2) is 45.1. The van der Waals surface area contributed by atoms with Crippen molar-refractivity contribution in [2.45, 2.75) is 258 Å². The normalized spacial score (nSPS) is 13.4. The minimum atomic E-state index is -4.28. The molecule has 0 aromatic rings. The van der Waals surface area contributed by atoms with E-state index in [4.69, 9.17) is 18.5 Å². The first-order chi connectivity index (χ1) is 28.3. The fourth-order valence-electron chi connectivity index (χ4n) is 7.13. The van der Waals surface area contributed by atoms with Gasteiger partial charge in [0, 0.05) is 12.8 Å². The molecule has 58 heavy (non-hydrogen) atoms. The number of allylic oxidation sites excluding steroid dienone is 4.